The van der Waals surface area contributed by atoms with Crippen LogP contribution >= 0.6 is 0 Å². The molecule has 0 amide bonds. The van der Waals surface area contributed by atoms with Gasteiger partial charge in [0.1, 0.15) is 0 Å². The first-order valence-corrected chi connectivity index (χ1v) is 43.3. The third-order valence-corrected chi connectivity index (χ3v) is 23.1. The van der Waals surface area contributed by atoms with E-state index >= 15 is 0 Å². The lowest BCUT2D eigenvalue weighted by Crippen LogP contribution is -2.14. The summed E-state index contributed by atoms with van der Waals surface area (Å²) in [4.78, 5) is 21.0. The molecule has 0 aromatic heterocycles. The molecule has 612 valence electrons. The Morgan fingerprint density at radius 3 is 0.276 bits per heavy atom. The fourth-order valence-electron chi connectivity index (χ4n) is 17.1. The number of aryl methyl sites for hydroxylation is 4. The van der Waals surface area contributed by atoms with Crippen molar-refractivity contribution < 1.29 is 0 Å². The van der Waals surface area contributed by atoms with Crippen LogP contribution in [0, 0.1) is 27.7 Å². The first-order valence-electron chi connectivity index (χ1n) is 43.3. The van der Waals surface area contributed by atoms with Gasteiger partial charge in [0.25, 0.3) is 0 Å². The maximum atomic E-state index is 2.34. The average Bonchev–Trinajstić information content (AvgIpc) is 0.785. The number of anilines is 27. The van der Waals surface area contributed by atoms with E-state index in [4.69, 9.17) is 0 Å². The zero-order valence-corrected chi connectivity index (χ0v) is 71.4. The van der Waals surface area contributed by atoms with Crippen LogP contribution in [-0.4, -0.2) is 0 Å². The summed E-state index contributed by atoms with van der Waals surface area (Å²) >= 11 is 0. The summed E-state index contributed by atoms with van der Waals surface area (Å²) < 4.78 is 0. The topological polar surface area (TPSA) is 29.2 Å². The van der Waals surface area contributed by atoms with Crippen molar-refractivity contribution in [3.63, 3.8) is 0 Å². The van der Waals surface area contributed by atoms with E-state index in [2.05, 4.69) is 575 Å². The molecule has 0 spiro atoms. The predicted molar refractivity (Wildman–Crippen MR) is 538 cm³/mol. The van der Waals surface area contributed by atoms with Crippen LogP contribution in [0.25, 0.3) is 0 Å². The molecular weight excluding hydrogens is 1540 g/mol. The van der Waals surface area contributed by atoms with E-state index in [0.29, 0.717) is 0 Å². The fraction of sp³-hybridized carbons (Fsp3) is 0.0339. The Hall–Kier alpha value is -16.6. The van der Waals surface area contributed by atoms with Gasteiger partial charge in [0, 0.05) is 154 Å². The molecule has 0 fully saturated rings. The van der Waals surface area contributed by atoms with E-state index in [1.807, 2.05) is 0 Å². The van der Waals surface area contributed by atoms with Crippen LogP contribution in [0.3, 0.4) is 0 Å². The third-order valence-electron chi connectivity index (χ3n) is 23.1. The molecule has 0 saturated heterocycles. The Bertz CT molecular complexity index is 6300. The van der Waals surface area contributed by atoms with Gasteiger partial charge in [-0.1, -0.05) is 176 Å². The lowest BCUT2D eigenvalue weighted by atomic mass is 10.1. The van der Waals surface area contributed by atoms with Gasteiger partial charge in [-0.25, -0.2) is 0 Å². The summed E-state index contributed by atoms with van der Waals surface area (Å²) in [6.45, 7) is 8.60. The molecular formula is C118H95N9. The highest BCUT2D eigenvalue weighted by Gasteiger charge is 2.25. The number of rotatable bonds is 27. The quantitative estimate of drug-likeness (QED) is 0.0499. The highest BCUT2D eigenvalue weighted by molar-refractivity contribution is 5.90. The minimum absolute atomic E-state index is 1.02. The Morgan fingerprint density at radius 1 is 0.0866 bits per heavy atom. The number of nitrogens with zero attached hydrogens (tertiary/aromatic N) is 9. The van der Waals surface area contributed by atoms with E-state index < -0.39 is 0 Å². The molecule has 9 heteroatoms. The third kappa shape index (κ3) is 17.6. The Labute approximate surface area is 746 Å². The Balaban J connectivity index is 0.592. The molecule has 0 radical (unpaired) electrons. The molecule has 0 atom stereocenters. The lowest BCUT2D eigenvalue weighted by Gasteiger charge is -2.31. The van der Waals surface area contributed by atoms with Gasteiger partial charge in [-0.15, -0.1) is 0 Å². The molecule has 0 N–H and O–H groups in total. The molecule has 0 aliphatic carbocycles. The van der Waals surface area contributed by atoms with Crippen molar-refractivity contribution >= 4 is 154 Å². The Morgan fingerprint density at radius 2 is 0.173 bits per heavy atom. The van der Waals surface area contributed by atoms with E-state index in [1.165, 1.54) is 22.3 Å². The summed E-state index contributed by atoms with van der Waals surface area (Å²) in [6, 6.07) is 181. The van der Waals surface area contributed by atoms with Crippen molar-refractivity contribution in [2.45, 2.75) is 27.7 Å². The van der Waals surface area contributed by atoms with E-state index in [1.54, 1.807) is 0 Å². The van der Waals surface area contributed by atoms with Gasteiger partial charge in [-0.3, -0.25) is 0 Å². The zero-order valence-electron chi connectivity index (χ0n) is 71.4. The zero-order chi connectivity index (χ0) is 85.8. The van der Waals surface area contributed by atoms with Crippen LogP contribution in [0.15, 0.2) is 504 Å². The molecule has 9 nitrogen and oxygen atoms in total. The number of hydrogen-bond donors (Lipinski definition) is 0. The molecule has 19 aromatic carbocycles. The maximum absolute atomic E-state index is 2.34. The van der Waals surface area contributed by atoms with Gasteiger partial charge in [-0.05, 0) is 378 Å². The van der Waals surface area contributed by atoms with Gasteiger partial charge in [0.2, 0.25) is 0 Å². The number of hydrogen-bond acceptors (Lipinski definition) is 9. The van der Waals surface area contributed by atoms with Gasteiger partial charge in [-0.2, -0.15) is 0 Å². The molecule has 0 bridgehead atoms. The second-order valence-electron chi connectivity index (χ2n) is 31.9. The number of para-hydroxylation sites is 7. The SMILES string of the molecule is Cc1cccc(N(c2ccc(N(c3ccccc3)c3ccc(N(c4ccccc4)c4ccc(N(c5ccccc5)c5ccc(N(c6ccccc6)c6ccc(N(c7ccccc7)c7ccc(N(c8ccccc8)c8ccc(N(c9ccccc9)c9ccc(N(c%10cccc(C)c%10)c%10cccc(C)c%10)cc9)cc8)cc7)cc6)cc5)cc4)cc3)cc2)c2cccc(C)c2)c1. The van der Waals surface area contributed by atoms with E-state index in [0.717, 1.165) is 154 Å². The van der Waals surface area contributed by atoms with E-state index in [-0.39, 0.29) is 0 Å². The highest BCUT2D eigenvalue weighted by Crippen LogP contribution is 2.49. The van der Waals surface area contributed by atoms with Crippen molar-refractivity contribution in [3.05, 3.63) is 526 Å². The molecule has 0 saturated carbocycles. The van der Waals surface area contributed by atoms with Crippen LogP contribution in [0.2, 0.25) is 0 Å². The van der Waals surface area contributed by atoms with Crippen molar-refractivity contribution in [2.24, 2.45) is 0 Å². The largest absolute Gasteiger partial charge is 0.311 e. The molecule has 19 rings (SSSR count). The molecule has 127 heavy (non-hydrogen) atoms. The second kappa shape index (κ2) is 37.0. The maximum Gasteiger partial charge on any atom is 0.0464 e. The number of benzene rings is 19. The lowest BCUT2D eigenvalue weighted by molar-refractivity contribution is 1.23. The van der Waals surface area contributed by atoms with Crippen LogP contribution in [-0.2, 0) is 0 Å². The Kier molecular flexibility index (Phi) is 23.3. The second-order valence-corrected chi connectivity index (χ2v) is 31.9. The van der Waals surface area contributed by atoms with Crippen LogP contribution in [0.5, 0.6) is 0 Å². The standard InChI is InChI=1S/C118H95N9/c1-88-30-26-48-115(84-88)126(116-49-27-31-89(2)85-116)113-80-76-111(77-81-113)124(97-44-22-10-23-45-97)109-72-68-107(69-73-109)122(95-40-18-8-19-41-95)105-64-60-103(61-65-105)120(93-36-14-6-15-37-93)101-56-52-99(53-57-101)119(92-34-12-5-13-35-92)100-54-58-102(59-55-100)121(94-38-16-7-17-39-94)104-62-66-106(67-63-104)123(96-42-20-9-21-43-96)108-70-74-110(75-71-108)125(98-46-24-11-25-47-98)112-78-82-114(83-79-112)127(117-50-28-32-90(3)86-117)118-51-29-33-91(4)87-118/h5-87H,1-4H3. The van der Waals surface area contributed by atoms with Crippen LogP contribution in [0.1, 0.15) is 22.3 Å². The molecule has 0 aliphatic rings. The van der Waals surface area contributed by atoms with Gasteiger partial charge < -0.3 is 44.1 Å². The molecule has 0 heterocycles. The first-order chi connectivity index (χ1) is 62.6. The first kappa shape index (κ1) is 80.1. The van der Waals surface area contributed by atoms with Crippen LogP contribution < -0.4 is 44.1 Å². The van der Waals surface area contributed by atoms with Crippen molar-refractivity contribution in [3.8, 4) is 0 Å². The summed E-state index contributed by atoms with van der Waals surface area (Å²) in [6.07, 6.45) is 0. The predicted octanol–water partition coefficient (Wildman–Crippen LogP) is 34.1. The van der Waals surface area contributed by atoms with Crippen molar-refractivity contribution in [1.82, 2.24) is 0 Å². The minimum atomic E-state index is 1.02. The highest BCUT2D eigenvalue weighted by atomic mass is 15.2. The summed E-state index contributed by atoms with van der Waals surface area (Å²) in [5, 5.41) is 0. The average molecular weight is 1640 g/mol. The van der Waals surface area contributed by atoms with Crippen molar-refractivity contribution in [2.75, 3.05) is 44.1 Å². The van der Waals surface area contributed by atoms with E-state index in [9.17, 15) is 0 Å². The van der Waals surface area contributed by atoms with Gasteiger partial charge in [0.15, 0.2) is 0 Å². The molecule has 0 unspecified atom stereocenters. The summed E-state index contributed by atoms with van der Waals surface area (Å²) in [5.41, 5.74) is 33.2. The summed E-state index contributed by atoms with van der Waals surface area (Å²) in [5.74, 6) is 0. The van der Waals surface area contributed by atoms with Gasteiger partial charge in [0.05, 0.1) is 0 Å². The normalized spacial score (nSPS) is 11.0. The molecule has 19 aromatic rings. The van der Waals surface area contributed by atoms with Gasteiger partial charge >= 0.3 is 0 Å². The minimum Gasteiger partial charge on any atom is -0.311 e. The van der Waals surface area contributed by atoms with Crippen LogP contribution in [0.4, 0.5) is 154 Å². The monoisotopic (exact) mass is 1640 g/mol. The van der Waals surface area contributed by atoms with Crippen molar-refractivity contribution in [1.29, 1.82) is 0 Å². The molecule has 0 aliphatic heterocycles. The smallest absolute Gasteiger partial charge is 0.0464 e. The summed E-state index contributed by atoms with van der Waals surface area (Å²) in [7, 11) is 0. The fourth-order valence-corrected chi connectivity index (χ4v) is 17.1.